The fourth-order valence-electron chi connectivity index (χ4n) is 1.95. The zero-order valence-electron chi connectivity index (χ0n) is 13.3. The summed E-state index contributed by atoms with van der Waals surface area (Å²) in [4.78, 5) is 12.0. The van der Waals surface area contributed by atoms with E-state index in [1.54, 1.807) is 14.0 Å². The molecule has 1 rings (SSSR count). The highest BCUT2D eigenvalue weighted by atomic mass is 16.5. The molecule has 5 heteroatoms. The first-order valence-corrected chi connectivity index (χ1v) is 7.25. The van der Waals surface area contributed by atoms with Crippen LogP contribution in [-0.2, 0) is 9.53 Å². The lowest BCUT2D eigenvalue weighted by Crippen LogP contribution is -2.37. The molecule has 5 nitrogen and oxygen atoms in total. The number of rotatable bonds is 8. The highest BCUT2D eigenvalue weighted by Gasteiger charge is 2.17. The Labute approximate surface area is 126 Å². The Hall–Kier alpha value is -1.59. The van der Waals surface area contributed by atoms with Crippen molar-refractivity contribution >= 4 is 5.91 Å². The van der Waals surface area contributed by atoms with Gasteiger partial charge in [0.1, 0.15) is 5.75 Å². The maximum absolute atomic E-state index is 12.0. The van der Waals surface area contributed by atoms with Crippen molar-refractivity contribution in [2.75, 3.05) is 20.3 Å². The van der Waals surface area contributed by atoms with E-state index in [-0.39, 0.29) is 11.9 Å². The number of amides is 1. The number of hydrogen-bond acceptors (Lipinski definition) is 4. The summed E-state index contributed by atoms with van der Waals surface area (Å²) in [6, 6.07) is 5.66. The number of aryl methyl sites for hydroxylation is 1. The Morgan fingerprint density at radius 1 is 1.38 bits per heavy atom. The average Bonchev–Trinajstić information content (AvgIpc) is 2.44. The minimum Gasteiger partial charge on any atom is -0.481 e. The van der Waals surface area contributed by atoms with E-state index in [2.05, 4.69) is 5.32 Å². The van der Waals surface area contributed by atoms with Crippen molar-refractivity contribution in [1.82, 2.24) is 5.32 Å². The van der Waals surface area contributed by atoms with Crippen LogP contribution in [0.3, 0.4) is 0 Å². The van der Waals surface area contributed by atoms with Crippen molar-refractivity contribution in [3.63, 3.8) is 0 Å². The topological polar surface area (TPSA) is 73.6 Å². The third-order valence-electron chi connectivity index (χ3n) is 3.15. The lowest BCUT2D eigenvalue weighted by atomic mass is 10.1. The quantitative estimate of drug-likeness (QED) is 0.719. The van der Waals surface area contributed by atoms with Crippen LogP contribution < -0.4 is 15.8 Å². The van der Waals surface area contributed by atoms with Crippen LogP contribution in [0.1, 0.15) is 37.4 Å². The van der Waals surface area contributed by atoms with Gasteiger partial charge in [0.05, 0.1) is 0 Å². The molecule has 0 radical (unpaired) electrons. The van der Waals surface area contributed by atoms with Gasteiger partial charge in [-0.25, -0.2) is 0 Å². The van der Waals surface area contributed by atoms with Crippen molar-refractivity contribution in [3.05, 3.63) is 29.3 Å². The van der Waals surface area contributed by atoms with E-state index in [0.717, 1.165) is 17.5 Å². The number of carbonyl (C=O) groups is 1. The summed E-state index contributed by atoms with van der Waals surface area (Å²) >= 11 is 0. The van der Waals surface area contributed by atoms with Gasteiger partial charge in [-0.2, -0.15) is 0 Å². The number of benzene rings is 1. The van der Waals surface area contributed by atoms with Gasteiger partial charge in [-0.1, -0.05) is 17.7 Å². The fourth-order valence-corrected chi connectivity index (χ4v) is 1.95. The summed E-state index contributed by atoms with van der Waals surface area (Å²) in [5.74, 6) is 0.525. The lowest BCUT2D eigenvalue weighted by molar-refractivity contribution is -0.127. The van der Waals surface area contributed by atoms with E-state index < -0.39 is 6.10 Å². The fraction of sp³-hybridized carbons (Fsp3) is 0.562. The van der Waals surface area contributed by atoms with E-state index in [0.29, 0.717) is 18.9 Å². The first-order valence-electron chi connectivity index (χ1n) is 7.25. The van der Waals surface area contributed by atoms with Crippen molar-refractivity contribution in [3.8, 4) is 5.75 Å². The SMILES string of the molecule is COCCCNC(=O)C(C)Oc1ccc(C)cc1[C@@H](C)N. The van der Waals surface area contributed by atoms with Crippen molar-refractivity contribution in [2.45, 2.75) is 39.3 Å². The molecule has 3 N–H and O–H groups in total. The number of carbonyl (C=O) groups excluding carboxylic acids is 1. The third-order valence-corrected chi connectivity index (χ3v) is 3.15. The molecule has 0 fully saturated rings. The van der Waals surface area contributed by atoms with Crippen LogP contribution in [0.5, 0.6) is 5.75 Å². The van der Waals surface area contributed by atoms with Crippen molar-refractivity contribution < 1.29 is 14.3 Å². The standard InChI is InChI=1S/C16H26N2O3/c1-11-6-7-15(14(10-11)12(2)17)21-13(3)16(19)18-8-5-9-20-4/h6-7,10,12-13H,5,8-9,17H2,1-4H3,(H,18,19)/t12-,13?/m1/s1. The number of nitrogens with two attached hydrogens (primary N) is 1. The summed E-state index contributed by atoms with van der Waals surface area (Å²) in [5, 5.41) is 2.82. The number of hydrogen-bond donors (Lipinski definition) is 2. The number of methoxy groups -OCH3 is 1. The van der Waals surface area contributed by atoms with Gasteiger partial charge in [0.2, 0.25) is 0 Å². The molecule has 1 aromatic carbocycles. The zero-order chi connectivity index (χ0) is 15.8. The summed E-state index contributed by atoms with van der Waals surface area (Å²) in [5.41, 5.74) is 7.98. The van der Waals surface area contributed by atoms with Crippen LogP contribution >= 0.6 is 0 Å². The van der Waals surface area contributed by atoms with E-state index in [1.807, 2.05) is 32.0 Å². The molecular weight excluding hydrogens is 268 g/mol. The van der Waals surface area contributed by atoms with Gasteiger partial charge in [0, 0.05) is 31.9 Å². The molecule has 0 aromatic heterocycles. The van der Waals surface area contributed by atoms with Gasteiger partial charge in [-0.3, -0.25) is 4.79 Å². The molecule has 0 saturated carbocycles. The van der Waals surface area contributed by atoms with Gasteiger partial charge in [0.25, 0.3) is 5.91 Å². The molecule has 0 saturated heterocycles. The van der Waals surface area contributed by atoms with Crippen molar-refractivity contribution in [2.24, 2.45) is 5.73 Å². The Morgan fingerprint density at radius 2 is 2.10 bits per heavy atom. The van der Waals surface area contributed by atoms with Crippen LogP contribution in [-0.4, -0.2) is 32.3 Å². The molecular formula is C16H26N2O3. The largest absolute Gasteiger partial charge is 0.481 e. The van der Waals surface area contributed by atoms with Gasteiger partial charge in [0.15, 0.2) is 6.10 Å². The second-order valence-electron chi connectivity index (χ2n) is 5.23. The maximum Gasteiger partial charge on any atom is 0.260 e. The Kier molecular flexibility index (Phi) is 7.19. The summed E-state index contributed by atoms with van der Waals surface area (Å²) < 4.78 is 10.7. The number of nitrogens with one attached hydrogen (secondary N) is 1. The second-order valence-corrected chi connectivity index (χ2v) is 5.23. The maximum atomic E-state index is 12.0. The van der Waals surface area contributed by atoms with E-state index in [1.165, 1.54) is 0 Å². The molecule has 1 amide bonds. The predicted molar refractivity (Wildman–Crippen MR) is 83.4 cm³/mol. The Morgan fingerprint density at radius 3 is 2.71 bits per heavy atom. The van der Waals surface area contributed by atoms with Gasteiger partial charge < -0.3 is 20.5 Å². The third kappa shape index (κ3) is 5.73. The molecule has 0 spiro atoms. The van der Waals surface area contributed by atoms with Crippen LogP contribution in [0.4, 0.5) is 0 Å². The van der Waals surface area contributed by atoms with Crippen LogP contribution in [0.25, 0.3) is 0 Å². The van der Waals surface area contributed by atoms with Gasteiger partial charge in [-0.15, -0.1) is 0 Å². The van der Waals surface area contributed by atoms with Crippen LogP contribution in [0.15, 0.2) is 18.2 Å². The molecule has 1 aromatic rings. The minimum atomic E-state index is -0.562. The van der Waals surface area contributed by atoms with E-state index >= 15 is 0 Å². The smallest absolute Gasteiger partial charge is 0.260 e. The molecule has 1 unspecified atom stereocenters. The molecule has 21 heavy (non-hydrogen) atoms. The lowest BCUT2D eigenvalue weighted by Gasteiger charge is -2.19. The van der Waals surface area contributed by atoms with Gasteiger partial charge in [-0.05, 0) is 33.3 Å². The van der Waals surface area contributed by atoms with E-state index in [4.69, 9.17) is 15.2 Å². The van der Waals surface area contributed by atoms with E-state index in [9.17, 15) is 4.79 Å². The van der Waals surface area contributed by atoms with Gasteiger partial charge >= 0.3 is 0 Å². The monoisotopic (exact) mass is 294 g/mol. The first kappa shape index (κ1) is 17.5. The first-order chi connectivity index (χ1) is 9.95. The minimum absolute atomic E-state index is 0.137. The molecule has 0 bridgehead atoms. The molecule has 0 aliphatic heterocycles. The highest BCUT2D eigenvalue weighted by Crippen LogP contribution is 2.25. The Balaban J connectivity index is 2.61. The summed E-state index contributed by atoms with van der Waals surface area (Å²) in [6.45, 7) is 6.84. The molecule has 2 atom stereocenters. The Bertz CT molecular complexity index is 461. The predicted octanol–water partition coefficient (Wildman–Crippen LogP) is 1.93. The normalized spacial score (nSPS) is 13.6. The summed E-state index contributed by atoms with van der Waals surface area (Å²) in [7, 11) is 1.64. The van der Waals surface area contributed by atoms with Crippen LogP contribution in [0, 0.1) is 6.92 Å². The molecule has 118 valence electrons. The van der Waals surface area contributed by atoms with Crippen LogP contribution in [0.2, 0.25) is 0 Å². The molecule has 0 aliphatic carbocycles. The van der Waals surface area contributed by atoms with Crippen molar-refractivity contribution in [1.29, 1.82) is 0 Å². The molecule has 0 aliphatic rings. The highest BCUT2D eigenvalue weighted by molar-refractivity contribution is 5.80. The summed E-state index contributed by atoms with van der Waals surface area (Å²) in [6.07, 6.45) is 0.220. The zero-order valence-corrected chi connectivity index (χ0v) is 13.3. The average molecular weight is 294 g/mol. The second kappa shape index (κ2) is 8.64. The number of ether oxygens (including phenoxy) is 2. The molecule has 0 heterocycles.